The molecule has 0 spiro atoms. The molecule has 0 aliphatic rings. The van der Waals surface area contributed by atoms with Crippen molar-refractivity contribution in [3.63, 3.8) is 0 Å². The Kier molecular flexibility index (Phi) is 6.99. The number of halogens is 2. The number of benzene rings is 1. The van der Waals surface area contributed by atoms with Crippen molar-refractivity contribution in [2.45, 2.75) is 38.6 Å². The van der Waals surface area contributed by atoms with E-state index in [1.165, 1.54) is 0 Å². The van der Waals surface area contributed by atoms with Crippen LogP contribution in [0.3, 0.4) is 0 Å². The minimum Gasteiger partial charge on any atom is -0.314 e. The number of likely N-dealkylation sites (N-methyl/N-ethyl adjacent to an activating group) is 1. The molecule has 0 saturated heterocycles. The molecule has 0 bridgehead atoms. The van der Waals surface area contributed by atoms with Crippen LogP contribution in [-0.4, -0.2) is 12.6 Å². The Morgan fingerprint density at radius 1 is 1.50 bits per heavy atom. The molecule has 3 heteroatoms. The highest BCUT2D eigenvalue weighted by atomic mass is 35.5. The highest BCUT2D eigenvalue weighted by Gasteiger charge is 2.12. The van der Waals surface area contributed by atoms with Crippen molar-refractivity contribution in [2.24, 2.45) is 0 Å². The van der Waals surface area contributed by atoms with Gasteiger partial charge in [0.05, 0.1) is 5.02 Å². The Labute approximate surface area is 114 Å². The number of nitrogens with one attached hydrogen (secondary N) is 1. The molecule has 0 heterocycles. The van der Waals surface area contributed by atoms with Gasteiger partial charge in [-0.05, 0) is 43.9 Å². The molecule has 18 heavy (non-hydrogen) atoms. The van der Waals surface area contributed by atoms with Gasteiger partial charge < -0.3 is 5.32 Å². The molecule has 1 rings (SSSR count). The third-order valence-electron chi connectivity index (χ3n) is 2.95. The smallest absolute Gasteiger partial charge is 0.145 e. The van der Waals surface area contributed by atoms with Crippen LogP contribution >= 0.6 is 11.6 Å². The van der Waals surface area contributed by atoms with Crippen molar-refractivity contribution in [2.75, 3.05) is 6.54 Å². The van der Waals surface area contributed by atoms with Crippen molar-refractivity contribution >= 4 is 11.6 Å². The molecule has 0 fully saturated rings. The summed E-state index contributed by atoms with van der Waals surface area (Å²) >= 11 is 5.79. The molecule has 0 radical (unpaired) electrons. The lowest BCUT2D eigenvalue weighted by Crippen LogP contribution is -2.31. The molecule has 1 unspecified atom stereocenters. The minimum atomic E-state index is -0.286. The van der Waals surface area contributed by atoms with E-state index in [0.717, 1.165) is 25.8 Å². The quantitative estimate of drug-likeness (QED) is 0.546. The number of hydrogen-bond donors (Lipinski definition) is 1. The lowest BCUT2D eigenvalue weighted by molar-refractivity contribution is 0.468. The van der Waals surface area contributed by atoms with Gasteiger partial charge in [0.25, 0.3) is 0 Å². The zero-order chi connectivity index (χ0) is 13.4. The largest absolute Gasteiger partial charge is 0.314 e. The van der Waals surface area contributed by atoms with Crippen LogP contribution < -0.4 is 5.32 Å². The summed E-state index contributed by atoms with van der Waals surface area (Å²) in [5.41, 5.74) is 0.687. The topological polar surface area (TPSA) is 12.0 Å². The summed E-state index contributed by atoms with van der Waals surface area (Å²) in [6, 6.07) is 5.48. The monoisotopic (exact) mass is 269 g/mol. The summed E-state index contributed by atoms with van der Waals surface area (Å²) in [5.74, 6) is -0.286. The Bertz CT molecular complexity index is 379. The van der Waals surface area contributed by atoms with Crippen molar-refractivity contribution in [3.05, 3.63) is 47.3 Å². The van der Waals surface area contributed by atoms with Gasteiger partial charge in [-0.2, -0.15) is 0 Å². The normalized spacial score (nSPS) is 12.4. The minimum absolute atomic E-state index is 0.203. The maximum Gasteiger partial charge on any atom is 0.145 e. The number of rotatable bonds is 8. The standard InChI is InChI=1S/C15H21ClFN/c1-3-5-6-9-13(18-4-2)11-12-8-7-10-14(16)15(12)17/h3,7-8,10,13,18H,1,4-6,9,11H2,2H3. The molecule has 1 aromatic rings. The fraction of sp³-hybridized carbons (Fsp3) is 0.467. The van der Waals surface area contributed by atoms with Gasteiger partial charge in [0.1, 0.15) is 5.82 Å². The van der Waals surface area contributed by atoms with E-state index in [2.05, 4.69) is 18.8 Å². The summed E-state index contributed by atoms with van der Waals surface area (Å²) in [4.78, 5) is 0. The van der Waals surface area contributed by atoms with E-state index in [-0.39, 0.29) is 10.8 Å². The maximum absolute atomic E-state index is 13.8. The Morgan fingerprint density at radius 2 is 2.28 bits per heavy atom. The van der Waals surface area contributed by atoms with Crippen molar-refractivity contribution < 1.29 is 4.39 Å². The molecule has 1 nitrogen and oxygen atoms in total. The van der Waals surface area contributed by atoms with E-state index in [1.807, 2.05) is 6.08 Å². The fourth-order valence-electron chi connectivity index (χ4n) is 2.05. The molecule has 0 aliphatic carbocycles. The highest BCUT2D eigenvalue weighted by molar-refractivity contribution is 6.30. The molecular weight excluding hydrogens is 249 g/mol. The molecule has 0 saturated carbocycles. The Hall–Kier alpha value is -0.860. The summed E-state index contributed by atoms with van der Waals surface area (Å²) in [7, 11) is 0. The van der Waals surface area contributed by atoms with Gasteiger partial charge in [0, 0.05) is 6.04 Å². The first-order chi connectivity index (χ1) is 8.69. The second kappa shape index (κ2) is 8.28. The van der Waals surface area contributed by atoms with Crippen LogP contribution in [0.25, 0.3) is 0 Å². The van der Waals surface area contributed by atoms with Gasteiger partial charge in [-0.3, -0.25) is 0 Å². The molecule has 0 aliphatic heterocycles. The maximum atomic E-state index is 13.8. The van der Waals surface area contributed by atoms with Gasteiger partial charge in [-0.1, -0.05) is 36.7 Å². The van der Waals surface area contributed by atoms with E-state index in [1.54, 1.807) is 18.2 Å². The highest BCUT2D eigenvalue weighted by Crippen LogP contribution is 2.20. The molecule has 1 N–H and O–H groups in total. The van der Waals surface area contributed by atoms with Gasteiger partial charge in [-0.25, -0.2) is 4.39 Å². The number of allylic oxidation sites excluding steroid dienone is 1. The third kappa shape index (κ3) is 4.79. The van der Waals surface area contributed by atoms with Gasteiger partial charge in [0.2, 0.25) is 0 Å². The van der Waals surface area contributed by atoms with E-state index in [9.17, 15) is 4.39 Å². The van der Waals surface area contributed by atoms with Crippen LogP contribution in [0.2, 0.25) is 5.02 Å². The average Bonchev–Trinajstić information content (AvgIpc) is 2.35. The molecule has 0 amide bonds. The SMILES string of the molecule is C=CCCCC(Cc1cccc(Cl)c1F)NCC. The second-order valence-corrected chi connectivity index (χ2v) is 4.80. The lowest BCUT2D eigenvalue weighted by Gasteiger charge is -2.18. The van der Waals surface area contributed by atoms with Crippen molar-refractivity contribution in [1.82, 2.24) is 5.32 Å². The van der Waals surface area contributed by atoms with E-state index >= 15 is 0 Å². The summed E-state index contributed by atoms with van der Waals surface area (Å²) in [6.45, 7) is 6.67. The van der Waals surface area contributed by atoms with Crippen LogP contribution in [0.1, 0.15) is 31.7 Å². The van der Waals surface area contributed by atoms with Crippen LogP contribution in [0.5, 0.6) is 0 Å². The van der Waals surface area contributed by atoms with E-state index in [4.69, 9.17) is 11.6 Å². The lowest BCUT2D eigenvalue weighted by atomic mass is 10.0. The zero-order valence-corrected chi connectivity index (χ0v) is 11.6. The Morgan fingerprint density at radius 3 is 2.94 bits per heavy atom. The van der Waals surface area contributed by atoms with Crippen LogP contribution in [-0.2, 0) is 6.42 Å². The van der Waals surface area contributed by atoms with Gasteiger partial charge in [-0.15, -0.1) is 6.58 Å². The molecule has 100 valence electrons. The molecule has 0 aromatic heterocycles. The first kappa shape index (κ1) is 15.2. The van der Waals surface area contributed by atoms with Crippen LogP contribution in [0.4, 0.5) is 4.39 Å². The van der Waals surface area contributed by atoms with Crippen molar-refractivity contribution in [3.8, 4) is 0 Å². The Balaban J connectivity index is 2.64. The molecule has 1 atom stereocenters. The molecule has 1 aromatic carbocycles. The van der Waals surface area contributed by atoms with Gasteiger partial charge >= 0.3 is 0 Å². The fourth-order valence-corrected chi connectivity index (χ4v) is 2.24. The van der Waals surface area contributed by atoms with Crippen LogP contribution in [0, 0.1) is 5.82 Å². The van der Waals surface area contributed by atoms with E-state index < -0.39 is 0 Å². The summed E-state index contributed by atoms with van der Waals surface area (Å²) < 4.78 is 13.8. The predicted molar refractivity (Wildman–Crippen MR) is 76.6 cm³/mol. The number of hydrogen-bond acceptors (Lipinski definition) is 1. The summed E-state index contributed by atoms with van der Waals surface area (Å²) in [5, 5.41) is 3.60. The summed E-state index contributed by atoms with van der Waals surface area (Å²) in [6.07, 6.45) is 5.69. The second-order valence-electron chi connectivity index (χ2n) is 4.39. The average molecular weight is 270 g/mol. The zero-order valence-electron chi connectivity index (χ0n) is 10.9. The third-order valence-corrected chi connectivity index (χ3v) is 3.24. The van der Waals surface area contributed by atoms with Crippen molar-refractivity contribution in [1.29, 1.82) is 0 Å². The first-order valence-electron chi connectivity index (χ1n) is 6.46. The van der Waals surface area contributed by atoms with Gasteiger partial charge in [0.15, 0.2) is 0 Å². The van der Waals surface area contributed by atoms with Crippen LogP contribution in [0.15, 0.2) is 30.9 Å². The number of unbranched alkanes of at least 4 members (excludes halogenated alkanes) is 1. The van der Waals surface area contributed by atoms with E-state index in [0.29, 0.717) is 18.0 Å². The first-order valence-corrected chi connectivity index (χ1v) is 6.84. The molecular formula is C15H21ClFN. The predicted octanol–water partition coefficient (Wildman–Crippen LogP) is 4.36.